The van der Waals surface area contributed by atoms with Crippen LogP contribution in [0.5, 0.6) is 0 Å². The second-order valence-electron chi connectivity index (χ2n) is 4.30. The van der Waals surface area contributed by atoms with E-state index in [0.717, 1.165) is 28.3 Å². The zero-order valence-electron chi connectivity index (χ0n) is 8.50. The van der Waals surface area contributed by atoms with E-state index >= 15 is 0 Å². The Morgan fingerprint density at radius 3 is 2.87 bits per heavy atom. The first kappa shape index (κ1) is 9.36. The van der Waals surface area contributed by atoms with Gasteiger partial charge in [-0.05, 0) is 46.5 Å². The van der Waals surface area contributed by atoms with E-state index in [4.69, 9.17) is 5.73 Å². The second kappa shape index (κ2) is 2.83. The zero-order chi connectivity index (χ0) is 10.6. The third-order valence-electron chi connectivity index (χ3n) is 3.12. The molecule has 0 unspecified atom stereocenters. The molecule has 1 fully saturated rings. The van der Waals surface area contributed by atoms with Crippen LogP contribution >= 0.6 is 15.9 Å². The van der Waals surface area contributed by atoms with Gasteiger partial charge in [-0.1, -0.05) is 6.07 Å². The Labute approximate surface area is 96.4 Å². The van der Waals surface area contributed by atoms with Gasteiger partial charge in [0.05, 0.1) is 5.52 Å². The quantitative estimate of drug-likeness (QED) is 0.860. The van der Waals surface area contributed by atoms with E-state index in [1.54, 1.807) is 0 Å². The lowest BCUT2D eigenvalue weighted by molar-refractivity contribution is 0.741. The molecule has 2 N–H and O–H groups in total. The molecule has 1 heterocycles. The van der Waals surface area contributed by atoms with Gasteiger partial charge in [0.25, 0.3) is 0 Å². The molecule has 0 atom stereocenters. The van der Waals surface area contributed by atoms with Gasteiger partial charge in [0.15, 0.2) is 0 Å². The molecule has 1 saturated carbocycles. The summed E-state index contributed by atoms with van der Waals surface area (Å²) in [6.45, 7) is 0. The van der Waals surface area contributed by atoms with Crippen LogP contribution in [0.1, 0.15) is 18.4 Å². The predicted octanol–water partition coefficient (Wildman–Crippen LogP) is 2.28. The molecule has 78 valence electrons. The lowest BCUT2D eigenvalue weighted by atomic mass is 10.0. The molecule has 15 heavy (non-hydrogen) atoms. The summed E-state index contributed by atoms with van der Waals surface area (Å²) < 4.78 is 2.86. The van der Waals surface area contributed by atoms with Gasteiger partial charge >= 0.3 is 0 Å². The minimum Gasteiger partial charge on any atom is -0.321 e. The topological polar surface area (TPSA) is 43.8 Å². The lowest BCUT2D eigenvalue weighted by Crippen LogP contribution is -2.18. The fraction of sp³-hybridized carbons (Fsp3) is 0.364. The van der Waals surface area contributed by atoms with Crippen molar-refractivity contribution in [3.05, 3.63) is 28.4 Å². The molecule has 3 nitrogen and oxygen atoms in total. The lowest BCUT2D eigenvalue weighted by Gasteiger charge is -2.08. The normalized spacial score (nSPS) is 18.3. The van der Waals surface area contributed by atoms with Crippen LogP contribution in [0.15, 0.2) is 22.8 Å². The summed E-state index contributed by atoms with van der Waals surface area (Å²) in [4.78, 5) is 0. The molecule has 0 amide bonds. The molecule has 3 rings (SSSR count). The van der Waals surface area contributed by atoms with Crippen molar-refractivity contribution in [1.82, 2.24) is 9.78 Å². The Kier molecular flexibility index (Phi) is 1.77. The Bertz CT molecular complexity index is 540. The van der Waals surface area contributed by atoms with Crippen LogP contribution in [0, 0.1) is 0 Å². The minimum atomic E-state index is -0.0660. The highest BCUT2D eigenvalue weighted by Crippen LogP contribution is 2.43. The average Bonchev–Trinajstić information content (AvgIpc) is 2.90. The molecular weight excluding hydrogens is 254 g/mol. The molecule has 1 aromatic carbocycles. The maximum atomic E-state index is 6.17. The largest absolute Gasteiger partial charge is 0.321 e. The molecule has 2 aromatic rings. The standard InChI is InChI=1S/C11H12BrN3/c1-15-10(12)8-6-7(11(13)4-5-11)2-3-9(8)14-15/h2-3,6H,4-5,13H2,1H3. The summed E-state index contributed by atoms with van der Waals surface area (Å²) in [5, 5.41) is 5.53. The number of rotatable bonds is 1. The SMILES string of the molecule is Cn1nc2ccc(C3(N)CC3)cc2c1Br. The van der Waals surface area contributed by atoms with Crippen molar-refractivity contribution in [2.24, 2.45) is 12.8 Å². The van der Waals surface area contributed by atoms with E-state index in [9.17, 15) is 0 Å². The Morgan fingerprint density at radius 2 is 2.20 bits per heavy atom. The number of halogens is 1. The molecule has 1 aromatic heterocycles. The van der Waals surface area contributed by atoms with Gasteiger partial charge in [-0.2, -0.15) is 5.10 Å². The first-order valence-corrected chi connectivity index (χ1v) is 5.81. The van der Waals surface area contributed by atoms with Gasteiger partial charge in [-0.3, -0.25) is 4.68 Å². The predicted molar refractivity (Wildman–Crippen MR) is 63.5 cm³/mol. The number of hydrogen-bond acceptors (Lipinski definition) is 2. The highest BCUT2D eigenvalue weighted by Gasteiger charge is 2.40. The van der Waals surface area contributed by atoms with Crippen molar-refractivity contribution in [2.45, 2.75) is 18.4 Å². The maximum absolute atomic E-state index is 6.17. The third kappa shape index (κ3) is 1.32. The molecule has 1 aliphatic rings. The summed E-state index contributed by atoms with van der Waals surface area (Å²) in [5.41, 5.74) is 8.34. The number of nitrogens with two attached hydrogens (primary N) is 1. The number of benzene rings is 1. The molecule has 1 aliphatic carbocycles. The van der Waals surface area contributed by atoms with E-state index < -0.39 is 0 Å². The van der Waals surface area contributed by atoms with Gasteiger partial charge in [-0.25, -0.2) is 0 Å². The van der Waals surface area contributed by atoms with Crippen LogP contribution in [0.3, 0.4) is 0 Å². The van der Waals surface area contributed by atoms with Crippen molar-refractivity contribution < 1.29 is 0 Å². The second-order valence-corrected chi connectivity index (χ2v) is 5.05. The fourth-order valence-electron chi connectivity index (χ4n) is 1.90. The summed E-state index contributed by atoms with van der Waals surface area (Å²) in [6, 6.07) is 6.29. The first-order valence-electron chi connectivity index (χ1n) is 5.02. The zero-order valence-corrected chi connectivity index (χ0v) is 10.1. The molecule has 0 bridgehead atoms. The highest BCUT2D eigenvalue weighted by molar-refractivity contribution is 9.10. The minimum absolute atomic E-state index is 0.0660. The number of hydrogen-bond donors (Lipinski definition) is 1. The third-order valence-corrected chi connectivity index (χ3v) is 4.06. The number of fused-ring (bicyclic) bond motifs is 1. The van der Waals surface area contributed by atoms with Gasteiger partial charge in [0.1, 0.15) is 4.60 Å². The number of aryl methyl sites for hydroxylation is 1. The van der Waals surface area contributed by atoms with Crippen molar-refractivity contribution in [2.75, 3.05) is 0 Å². The summed E-state index contributed by atoms with van der Waals surface area (Å²) in [5.74, 6) is 0. The molecule has 0 radical (unpaired) electrons. The van der Waals surface area contributed by atoms with Gasteiger partial charge < -0.3 is 5.73 Å². The molecule has 0 saturated heterocycles. The summed E-state index contributed by atoms with van der Waals surface area (Å²) in [6.07, 6.45) is 2.19. The molecule has 0 spiro atoms. The van der Waals surface area contributed by atoms with Crippen molar-refractivity contribution in [3.8, 4) is 0 Å². The highest BCUT2D eigenvalue weighted by atomic mass is 79.9. The Balaban J connectivity index is 2.25. The van der Waals surface area contributed by atoms with Crippen molar-refractivity contribution in [1.29, 1.82) is 0 Å². The maximum Gasteiger partial charge on any atom is 0.111 e. The van der Waals surface area contributed by atoms with E-state index in [0.29, 0.717) is 0 Å². The molecular formula is C11H12BrN3. The van der Waals surface area contributed by atoms with Crippen LogP contribution < -0.4 is 5.73 Å². The van der Waals surface area contributed by atoms with Crippen LogP contribution in [-0.4, -0.2) is 9.78 Å². The van der Waals surface area contributed by atoms with E-state index in [1.807, 2.05) is 17.8 Å². The number of nitrogens with zero attached hydrogens (tertiary/aromatic N) is 2. The van der Waals surface area contributed by atoms with Crippen LogP contribution in [0.2, 0.25) is 0 Å². The Hall–Kier alpha value is -0.870. The summed E-state index contributed by atoms with van der Waals surface area (Å²) >= 11 is 3.53. The van der Waals surface area contributed by atoms with E-state index in [1.165, 1.54) is 5.56 Å². The smallest absolute Gasteiger partial charge is 0.111 e. The average molecular weight is 266 g/mol. The Morgan fingerprint density at radius 1 is 1.47 bits per heavy atom. The fourth-order valence-corrected chi connectivity index (χ4v) is 2.30. The monoisotopic (exact) mass is 265 g/mol. The van der Waals surface area contributed by atoms with E-state index in [2.05, 4.69) is 33.2 Å². The summed E-state index contributed by atoms with van der Waals surface area (Å²) in [7, 11) is 1.93. The van der Waals surface area contributed by atoms with Gasteiger partial charge in [0.2, 0.25) is 0 Å². The molecule has 0 aliphatic heterocycles. The van der Waals surface area contributed by atoms with Gasteiger partial charge in [0, 0.05) is 18.0 Å². The van der Waals surface area contributed by atoms with Crippen molar-refractivity contribution in [3.63, 3.8) is 0 Å². The van der Waals surface area contributed by atoms with Crippen molar-refractivity contribution >= 4 is 26.8 Å². The van der Waals surface area contributed by atoms with Gasteiger partial charge in [-0.15, -0.1) is 0 Å². The first-order chi connectivity index (χ1) is 7.10. The van der Waals surface area contributed by atoms with E-state index in [-0.39, 0.29) is 5.54 Å². The number of aromatic nitrogens is 2. The molecule has 4 heteroatoms. The van der Waals surface area contributed by atoms with Crippen LogP contribution in [0.4, 0.5) is 0 Å². The van der Waals surface area contributed by atoms with Crippen LogP contribution in [-0.2, 0) is 12.6 Å². The van der Waals surface area contributed by atoms with Crippen LogP contribution in [0.25, 0.3) is 10.9 Å².